The van der Waals surface area contributed by atoms with Crippen molar-refractivity contribution in [2.24, 2.45) is 7.05 Å². The van der Waals surface area contributed by atoms with E-state index in [1.807, 2.05) is 18.7 Å². The molecular formula is C20H22F2N6. The summed E-state index contributed by atoms with van der Waals surface area (Å²) in [5, 5.41) is 4.40. The maximum Gasteiger partial charge on any atom is 0.159 e. The monoisotopic (exact) mass is 384 g/mol. The van der Waals surface area contributed by atoms with E-state index in [4.69, 9.17) is 0 Å². The van der Waals surface area contributed by atoms with Crippen LogP contribution in [0.25, 0.3) is 11.3 Å². The second kappa shape index (κ2) is 7.63. The predicted molar refractivity (Wildman–Crippen MR) is 103 cm³/mol. The molecule has 0 aliphatic carbocycles. The van der Waals surface area contributed by atoms with Crippen molar-refractivity contribution in [3.63, 3.8) is 0 Å². The van der Waals surface area contributed by atoms with Crippen molar-refractivity contribution in [3.8, 4) is 11.3 Å². The first-order valence-corrected chi connectivity index (χ1v) is 9.24. The van der Waals surface area contributed by atoms with Crippen molar-refractivity contribution in [1.29, 1.82) is 0 Å². The number of benzene rings is 1. The Labute approximate surface area is 162 Å². The highest BCUT2D eigenvalue weighted by Gasteiger charge is 2.22. The molecule has 2 aromatic heterocycles. The lowest BCUT2D eigenvalue weighted by Gasteiger charge is -2.35. The maximum absolute atomic E-state index is 13.7. The molecule has 1 fully saturated rings. The summed E-state index contributed by atoms with van der Waals surface area (Å²) in [6.45, 7) is 6.22. The fraction of sp³-hybridized carbons (Fsp3) is 0.350. The number of hydrogen-bond acceptors (Lipinski definition) is 5. The van der Waals surface area contributed by atoms with Gasteiger partial charge >= 0.3 is 0 Å². The molecule has 0 unspecified atom stereocenters. The lowest BCUT2D eigenvalue weighted by Crippen LogP contribution is -2.46. The summed E-state index contributed by atoms with van der Waals surface area (Å²) < 4.78 is 28.8. The van der Waals surface area contributed by atoms with Crippen LogP contribution in [0.2, 0.25) is 0 Å². The summed E-state index contributed by atoms with van der Waals surface area (Å²) in [6, 6.07) is 3.83. The number of aryl methyl sites for hydroxylation is 2. The summed E-state index contributed by atoms with van der Waals surface area (Å²) in [6.07, 6.45) is 5.26. The lowest BCUT2D eigenvalue weighted by molar-refractivity contribution is 0.249. The molecule has 4 rings (SSSR count). The molecule has 1 aliphatic rings. The van der Waals surface area contributed by atoms with E-state index in [0.717, 1.165) is 44.5 Å². The molecule has 8 heteroatoms. The van der Waals surface area contributed by atoms with E-state index in [9.17, 15) is 8.78 Å². The number of aromatic nitrogens is 4. The van der Waals surface area contributed by atoms with E-state index in [1.54, 1.807) is 12.4 Å². The molecule has 6 nitrogen and oxygen atoms in total. The third-order valence-corrected chi connectivity index (χ3v) is 5.05. The van der Waals surface area contributed by atoms with E-state index in [-0.39, 0.29) is 0 Å². The van der Waals surface area contributed by atoms with Crippen molar-refractivity contribution in [2.75, 3.05) is 31.1 Å². The van der Waals surface area contributed by atoms with Gasteiger partial charge in [-0.25, -0.2) is 13.8 Å². The van der Waals surface area contributed by atoms with Crippen LogP contribution in [-0.4, -0.2) is 50.8 Å². The summed E-state index contributed by atoms with van der Waals surface area (Å²) in [7, 11) is 1.93. The Bertz CT molecular complexity index is 979. The van der Waals surface area contributed by atoms with Gasteiger partial charge in [0.15, 0.2) is 17.5 Å². The average Bonchev–Trinajstić information content (AvgIpc) is 3.01. The maximum atomic E-state index is 13.7. The zero-order chi connectivity index (χ0) is 19.7. The largest absolute Gasteiger partial charge is 0.352 e. The highest BCUT2D eigenvalue weighted by atomic mass is 19.2. The third kappa shape index (κ3) is 3.73. The minimum Gasteiger partial charge on any atom is -0.352 e. The molecule has 0 amide bonds. The number of anilines is 1. The fourth-order valence-electron chi connectivity index (χ4n) is 3.57. The van der Waals surface area contributed by atoms with E-state index in [0.29, 0.717) is 17.1 Å². The number of piperazine rings is 1. The van der Waals surface area contributed by atoms with Gasteiger partial charge in [-0.1, -0.05) is 0 Å². The first-order chi connectivity index (χ1) is 13.5. The van der Waals surface area contributed by atoms with E-state index in [1.165, 1.54) is 17.7 Å². The van der Waals surface area contributed by atoms with Gasteiger partial charge < -0.3 is 4.90 Å². The minimum atomic E-state index is -0.884. The van der Waals surface area contributed by atoms with Crippen LogP contribution in [0.3, 0.4) is 0 Å². The average molecular weight is 384 g/mol. The molecule has 28 heavy (non-hydrogen) atoms. The molecular weight excluding hydrogens is 362 g/mol. The van der Waals surface area contributed by atoms with Gasteiger partial charge in [0, 0.05) is 69.5 Å². The van der Waals surface area contributed by atoms with Gasteiger partial charge in [-0.15, -0.1) is 0 Å². The van der Waals surface area contributed by atoms with E-state index >= 15 is 0 Å². The zero-order valence-electron chi connectivity index (χ0n) is 15.9. The number of halogens is 2. The number of nitrogens with zero attached hydrogens (tertiary/aromatic N) is 6. The smallest absolute Gasteiger partial charge is 0.159 e. The molecule has 1 aliphatic heterocycles. The second-order valence-electron chi connectivity index (χ2n) is 7.03. The quantitative estimate of drug-likeness (QED) is 0.692. The van der Waals surface area contributed by atoms with Crippen LogP contribution >= 0.6 is 0 Å². The van der Waals surface area contributed by atoms with Crippen LogP contribution in [0, 0.1) is 18.6 Å². The summed E-state index contributed by atoms with van der Waals surface area (Å²) in [5.41, 5.74) is 3.38. The van der Waals surface area contributed by atoms with Gasteiger partial charge in [0.25, 0.3) is 0 Å². The van der Waals surface area contributed by atoms with Crippen LogP contribution in [0.15, 0.2) is 36.8 Å². The first kappa shape index (κ1) is 18.5. The standard InChI is InChI=1S/C20H22F2N6/c1-14-16(12-26(2)25-14)13-27-7-9-28(10-8-27)20-19(23-5-6-24-20)15-3-4-17(21)18(22)11-15/h3-6,11-12H,7-10,13H2,1-2H3. The van der Waals surface area contributed by atoms with Crippen LogP contribution in [0.1, 0.15) is 11.3 Å². The Morgan fingerprint density at radius 3 is 2.43 bits per heavy atom. The van der Waals surface area contributed by atoms with Gasteiger partial charge in [0.2, 0.25) is 0 Å². The third-order valence-electron chi connectivity index (χ3n) is 5.05. The Morgan fingerprint density at radius 1 is 1.00 bits per heavy atom. The second-order valence-corrected chi connectivity index (χ2v) is 7.03. The number of rotatable bonds is 4. The summed E-state index contributed by atoms with van der Waals surface area (Å²) in [5.74, 6) is -1.05. The topological polar surface area (TPSA) is 50.1 Å². The zero-order valence-corrected chi connectivity index (χ0v) is 15.9. The predicted octanol–water partition coefficient (Wildman–Crippen LogP) is 2.79. The normalized spacial score (nSPS) is 15.2. The Kier molecular flexibility index (Phi) is 5.04. The fourth-order valence-corrected chi connectivity index (χ4v) is 3.57. The van der Waals surface area contributed by atoms with Gasteiger partial charge in [-0.2, -0.15) is 5.10 Å². The van der Waals surface area contributed by atoms with Crippen molar-refractivity contribution < 1.29 is 8.78 Å². The van der Waals surface area contributed by atoms with Crippen molar-refractivity contribution in [3.05, 3.63) is 59.7 Å². The van der Waals surface area contributed by atoms with Crippen LogP contribution in [-0.2, 0) is 13.6 Å². The Morgan fingerprint density at radius 2 is 1.75 bits per heavy atom. The van der Waals surface area contributed by atoms with Crippen molar-refractivity contribution in [2.45, 2.75) is 13.5 Å². The lowest BCUT2D eigenvalue weighted by atomic mass is 10.1. The van der Waals surface area contributed by atoms with Crippen LogP contribution in [0.5, 0.6) is 0 Å². The van der Waals surface area contributed by atoms with Gasteiger partial charge in [0.1, 0.15) is 5.69 Å². The first-order valence-electron chi connectivity index (χ1n) is 9.24. The van der Waals surface area contributed by atoms with Crippen LogP contribution in [0.4, 0.5) is 14.6 Å². The molecule has 1 aromatic carbocycles. The van der Waals surface area contributed by atoms with Gasteiger partial charge in [0.05, 0.1) is 5.69 Å². The van der Waals surface area contributed by atoms with Gasteiger partial charge in [-0.05, 0) is 25.1 Å². The molecule has 0 saturated carbocycles. The molecule has 0 N–H and O–H groups in total. The highest BCUT2D eigenvalue weighted by Crippen LogP contribution is 2.28. The molecule has 1 saturated heterocycles. The van der Waals surface area contributed by atoms with Crippen molar-refractivity contribution >= 4 is 5.82 Å². The molecule has 0 atom stereocenters. The molecule has 146 valence electrons. The summed E-state index contributed by atoms with van der Waals surface area (Å²) in [4.78, 5) is 13.4. The summed E-state index contributed by atoms with van der Waals surface area (Å²) >= 11 is 0. The number of hydrogen-bond donors (Lipinski definition) is 0. The van der Waals surface area contributed by atoms with E-state index < -0.39 is 11.6 Å². The van der Waals surface area contributed by atoms with Gasteiger partial charge in [-0.3, -0.25) is 14.6 Å². The Hall–Kier alpha value is -2.87. The minimum absolute atomic E-state index is 0.524. The molecule has 3 heterocycles. The van der Waals surface area contributed by atoms with E-state index in [2.05, 4.69) is 31.1 Å². The molecule has 0 spiro atoms. The SMILES string of the molecule is Cc1nn(C)cc1CN1CCN(c2nccnc2-c2ccc(F)c(F)c2)CC1. The molecule has 3 aromatic rings. The Balaban J connectivity index is 1.49. The van der Waals surface area contributed by atoms with Crippen molar-refractivity contribution in [1.82, 2.24) is 24.6 Å². The van der Waals surface area contributed by atoms with Crippen LogP contribution < -0.4 is 4.90 Å². The molecule has 0 bridgehead atoms. The highest BCUT2D eigenvalue weighted by molar-refractivity contribution is 5.72. The molecule has 0 radical (unpaired) electrons.